The Balaban J connectivity index is 2.06. The van der Waals surface area contributed by atoms with E-state index >= 15 is 0 Å². The van der Waals surface area contributed by atoms with Gasteiger partial charge in [-0.25, -0.2) is 4.98 Å². The number of aromatic nitrogens is 2. The molecule has 0 spiro atoms. The lowest BCUT2D eigenvalue weighted by Crippen LogP contribution is -2.08. The van der Waals surface area contributed by atoms with E-state index in [1.165, 1.54) is 11.5 Å². The first kappa shape index (κ1) is 16.2. The van der Waals surface area contributed by atoms with Crippen molar-refractivity contribution in [2.75, 3.05) is 26.1 Å². The van der Waals surface area contributed by atoms with Crippen LogP contribution < -0.4 is 9.64 Å². The van der Waals surface area contributed by atoms with Gasteiger partial charge in [0.25, 0.3) is 0 Å². The van der Waals surface area contributed by atoms with E-state index in [2.05, 4.69) is 9.36 Å². The van der Waals surface area contributed by atoms with Crippen molar-refractivity contribution in [3.8, 4) is 5.75 Å². The molecule has 1 atom stereocenters. The molecular formula is C13H16ClN3O2S2. The van der Waals surface area contributed by atoms with Crippen molar-refractivity contribution in [2.24, 2.45) is 0 Å². The summed E-state index contributed by atoms with van der Waals surface area (Å²) in [5.74, 6) is 1.97. The molecule has 114 valence electrons. The van der Waals surface area contributed by atoms with Crippen molar-refractivity contribution in [2.45, 2.75) is 11.5 Å². The summed E-state index contributed by atoms with van der Waals surface area (Å²) in [7, 11) is 4.27. The molecule has 0 amide bonds. The SMILES string of the molecule is COc1ccc(Cl)cc1CS(=O)Cc1nsc(N(C)C)n1. The van der Waals surface area contributed by atoms with Crippen LogP contribution in [0.3, 0.4) is 0 Å². The zero-order valence-electron chi connectivity index (χ0n) is 12.0. The molecule has 1 aromatic carbocycles. The number of nitrogens with zero attached hydrogens (tertiary/aromatic N) is 3. The Kier molecular flexibility index (Phi) is 5.55. The highest BCUT2D eigenvalue weighted by atomic mass is 35.5. The van der Waals surface area contributed by atoms with Gasteiger partial charge in [-0.3, -0.25) is 4.21 Å². The summed E-state index contributed by atoms with van der Waals surface area (Å²) in [6.07, 6.45) is 0. The molecule has 1 aromatic heterocycles. The lowest BCUT2D eigenvalue weighted by atomic mass is 10.2. The van der Waals surface area contributed by atoms with Gasteiger partial charge in [0.2, 0.25) is 5.13 Å². The Bertz CT molecular complexity index is 646. The van der Waals surface area contributed by atoms with Crippen LogP contribution in [-0.4, -0.2) is 34.8 Å². The molecule has 5 nitrogen and oxygen atoms in total. The van der Waals surface area contributed by atoms with Gasteiger partial charge < -0.3 is 9.64 Å². The largest absolute Gasteiger partial charge is 0.496 e. The first-order valence-electron chi connectivity index (χ1n) is 6.17. The number of benzene rings is 1. The molecule has 0 aliphatic carbocycles. The van der Waals surface area contributed by atoms with Gasteiger partial charge in [0.15, 0.2) is 5.82 Å². The molecule has 0 saturated carbocycles. The van der Waals surface area contributed by atoms with Gasteiger partial charge in [-0.15, -0.1) is 0 Å². The summed E-state index contributed by atoms with van der Waals surface area (Å²) in [6.45, 7) is 0. The molecule has 0 N–H and O–H groups in total. The molecule has 0 bridgehead atoms. The fourth-order valence-electron chi connectivity index (χ4n) is 1.71. The van der Waals surface area contributed by atoms with E-state index in [1.807, 2.05) is 19.0 Å². The third-order valence-corrected chi connectivity index (χ3v) is 5.06. The Morgan fingerprint density at radius 3 is 2.76 bits per heavy atom. The second-order valence-corrected chi connectivity index (χ2v) is 7.20. The van der Waals surface area contributed by atoms with Gasteiger partial charge >= 0.3 is 0 Å². The van der Waals surface area contributed by atoms with E-state index in [0.717, 1.165) is 10.7 Å². The zero-order chi connectivity index (χ0) is 15.4. The Morgan fingerprint density at radius 1 is 1.38 bits per heavy atom. The number of anilines is 1. The van der Waals surface area contributed by atoms with Crippen molar-refractivity contribution >= 4 is 39.1 Å². The molecule has 1 heterocycles. The third-order valence-electron chi connectivity index (χ3n) is 2.69. The summed E-state index contributed by atoms with van der Waals surface area (Å²) < 4.78 is 21.7. The van der Waals surface area contributed by atoms with Crippen molar-refractivity contribution in [1.82, 2.24) is 9.36 Å². The summed E-state index contributed by atoms with van der Waals surface area (Å²) in [5.41, 5.74) is 0.825. The van der Waals surface area contributed by atoms with Crippen LogP contribution in [0, 0.1) is 0 Å². The second kappa shape index (κ2) is 7.20. The highest BCUT2D eigenvalue weighted by molar-refractivity contribution is 7.83. The second-order valence-electron chi connectivity index (χ2n) is 4.57. The molecule has 1 unspecified atom stereocenters. The number of rotatable bonds is 6. The molecular weight excluding hydrogens is 330 g/mol. The van der Waals surface area contributed by atoms with Crippen molar-refractivity contribution in [1.29, 1.82) is 0 Å². The highest BCUT2D eigenvalue weighted by Crippen LogP contribution is 2.24. The molecule has 2 aromatic rings. The molecule has 0 aliphatic heterocycles. The van der Waals surface area contributed by atoms with E-state index < -0.39 is 10.8 Å². The lowest BCUT2D eigenvalue weighted by Gasteiger charge is -2.08. The minimum atomic E-state index is -1.12. The first-order chi connectivity index (χ1) is 9.99. The van der Waals surface area contributed by atoms with Crippen LogP contribution in [0.15, 0.2) is 18.2 Å². The molecule has 21 heavy (non-hydrogen) atoms. The van der Waals surface area contributed by atoms with Crippen molar-refractivity contribution in [3.63, 3.8) is 0 Å². The van der Waals surface area contributed by atoms with E-state index in [4.69, 9.17) is 16.3 Å². The van der Waals surface area contributed by atoms with Crippen LogP contribution in [0.1, 0.15) is 11.4 Å². The van der Waals surface area contributed by atoms with Gasteiger partial charge in [-0.1, -0.05) is 11.6 Å². The zero-order valence-corrected chi connectivity index (χ0v) is 14.4. The molecule has 8 heteroatoms. The van der Waals surface area contributed by atoms with Crippen molar-refractivity contribution in [3.05, 3.63) is 34.6 Å². The van der Waals surface area contributed by atoms with Gasteiger partial charge in [-0.05, 0) is 18.2 Å². The summed E-state index contributed by atoms with van der Waals surface area (Å²) >= 11 is 7.27. The van der Waals surface area contributed by atoms with Crippen LogP contribution >= 0.6 is 23.1 Å². The molecule has 0 saturated heterocycles. The monoisotopic (exact) mass is 345 g/mol. The average Bonchev–Trinajstić information content (AvgIpc) is 2.87. The first-order valence-corrected chi connectivity index (χ1v) is 8.81. The fourth-order valence-corrected chi connectivity index (χ4v) is 3.68. The minimum Gasteiger partial charge on any atom is -0.496 e. The predicted molar refractivity (Wildman–Crippen MR) is 87.8 cm³/mol. The van der Waals surface area contributed by atoms with Gasteiger partial charge in [0.05, 0.1) is 18.6 Å². The van der Waals surface area contributed by atoms with Gasteiger partial charge in [-0.2, -0.15) is 4.37 Å². The molecule has 0 radical (unpaired) electrons. The van der Waals surface area contributed by atoms with E-state index in [9.17, 15) is 4.21 Å². The third kappa shape index (κ3) is 4.39. The Hall–Kier alpha value is -1.18. The van der Waals surface area contributed by atoms with Crippen LogP contribution in [0.4, 0.5) is 5.13 Å². The standard InChI is InChI=1S/C13H16ClN3O2S2/c1-17(2)13-15-12(16-20-13)8-21(18)7-9-6-10(14)4-5-11(9)19-3/h4-6H,7-8H2,1-3H3. The highest BCUT2D eigenvalue weighted by Gasteiger charge is 2.12. The molecule has 0 fully saturated rings. The molecule has 2 rings (SSSR count). The maximum Gasteiger partial charge on any atom is 0.204 e. The Morgan fingerprint density at radius 2 is 2.14 bits per heavy atom. The van der Waals surface area contributed by atoms with E-state index in [-0.39, 0.29) is 0 Å². The topological polar surface area (TPSA) is 55.3 Å². The molecule has 0 aliphatic rings. The lowest BCUT2D eigenvalue weighted by molar-refractivity contribution is 0.411. The van der Waals surface area contributed by atoms with E-state index in [1.54, 1.807) is 25.3 Å². The van der Waals surface area contributed by atoms with Crippen LogP contribution in [-0.2, 0) is 22.3 Å². The van der Waals surface area contributed by atoms with Crippen LogP contribution in [0.2, 0.25) is 5.02 Å². The van der Waals surface area contributed by atoms with Crippen molar-refractivity contribution < 1.29 is 8.95 Å². The number of hydrogen-bond acceptors (Lipinski definition) is 6. The average molecular weight is 346 g/mol. The number of halogens is 1. The van der Waals surface area contributed by atoms with E-state index in [0.29, 0.717) is 28.1 Å². The predicted octanol–water partition coefficient (Wildman–Crippen LogP) is 2.72. The summed E-state index contributed by atoms with van der Waals surface area (Å²) in [4.78, 5) is 6.21. The minimum absolute atomic E-state index is 0.319. The fraction of sp³-hybridized carbons (Fsp3) is 0.385. The number of methoxy groups -OCH3 is 1. The summed E-state index contributed by atoms with van der Waals surface area (Å²) in [6, 6.07) is 5.30. The maximum absolute atomic E-state index is 12.3. The number of hydrogen-bond donors (Lipinski definition) is 0. The number of ether oxygens (including phenoxy) is 1. The van der Waals surface area contributed by atoms with Crippen LogP contribution in [0.5, 0.6) is 5.75 Å². The Labute approximate surface area is 135 Å². The van der Waals surface area contributed by atoms with Crippen LogP contribution in [0.25, 0.3) is 0 Å². The quantitative estimate of drug-likeness (QED) is 0.805. The van der Waals surface area contributed by atoms with Gasteiger partial charge in [0, 0.05) is 47.0 Å². The van der Waals surface area contributed by atoms with Gasteiger partial charge in [0.1, 0.15) is 5.75 Å². The summed E-state index contributed by atoms with van der Waals surface area (Å²) in [5, 5.41) is 1.41. The smallest absolute Gasteiger partial charge is 0.204 e. The normalized spacial score (nSPS) is 12.2. The maximum atomic E-state index is 12.3.